The molecule has 0 spiro atoms. The first kappa shape index (κ1) is 20.1. The smallest absolute Gasteiger partial charge is 0.254 e. The number of nitrogens with two attached hydrogens (primary N) is 1. The van der Waals surface area contributed by atoms with E-state index < -0.39 is 5.91 Å². The topological polar surface area (TPSA) is 98.7 Å². The van der Waals surface area contributed by atoms with Crippen LogP contribution in [0.15, 0.2) is 53.1 Å². The molecule has 2 aromatic carbocycles. The van der Waals surface area contributed by atoms with Crippen molar-refractivity contribution in [2.45, 2.75) is 27.0 Å². The van der Waals surface area contributed by atoms with Crippen LogP contribution in [-0.2, 0) is 13.2 Å². The second-order valence-corrected chi connectivity index (χ2v) is 6.85. The minimum atomic E-state index is -0.496. The first-order valence-electron chi connectivity index (χ1n) is 9.14. The average Bonchev–Trinajstić information content (AvgIpc) is 3.03. The summed E-state index contributed by atoms with van der Waals surface area (Å²) < 4.78 is 11.0. The number of amides is 2. The van der Waals surface area contributed by atoms with Crippen LogP contribution in [0.5, 0.6) is 5.75 Å². The second kappa shape index (κ2) is 8.60. The summed E-state index contributed by atoms with van der Waals surface area (Å²) in [6.07, 6.45) is 0. The molecule has 0 aliphatic carbocycles. The number of aromatic nitrogens is 1. The Labute approximate surface area is 169 Å². The fourth-order valence-electron chi connectivity index (χ4n) is 2.97. The van der Waals surface area contributed by atoms with Crippen LogP contribution in [0, 0.1) is 13.8 Å². The summed E-state index contributed by atoms with van der Waals surface area (Å²) >= 11 is 0. The number of carbonyl (C=O) groups is 2. The second-order valence-electron chi connectivity index (χ2n) is 6.85. The van der Waals surface area contributed by atoms with Gasteiger partial charge >= 0.3 is 0 Å². The van der Waals surface area contributed by atoms with Gasteiger partial charge in [-0.15, -0.1) is 0 Å². The number of nitrogens with zero attached hydrogens (tertiary/aromatic N) is 2. The Balaban J connectivity index is 1.68. The van der Waals surface area contributed by atoms with E-state index in [0.717, 1.165) is 16.8 Å². The number of benzene rings is 2. The van der Waals surface area contributed by atoms with Crippen molar-refractivity contribution in [2.24, 2.45) is 5.73 Å². The lowest BCUT2D eigenvalue weighted by atomic mass is 10.1. The molecule has 1 heterocycles. The van der Waals surface area contributed by atoms with Crippen LogP contribution >= 0.6 is 0 Å². The van der Waals surface area contributed by atoms with Crippen LogP contribution in [0.4, 0.5) is 0 Å². The van der Waals surface area contributed by atoms with Crippen molar-refractivity contribution < 1.29 is 18.8 Å². The predicted molar refractivity (Wildman–Crippen MR) is 108 cm³/mol. The minimum Gasteiger partial charge on any atom is -0.489 e. The number of aryl methyl sites for hydroxylation is 2. The van der Waals surface area contributed by atoms with Gasteiger partial charge in [-0.3, -0.25) is 9.59 Å². The number of hydrogen-bond acceptors (Lipinski definition) is 5. The third-order valence-electron chi connectivity index (χ3n) is 4.62. The molecule has 0 aliphatic heterocycles. The number of ether oxygens (including phenoxy) is 1. The summed E-state index contributed by atoms with van der Waals surface area (Å²) in [6.45, 7) is 4.36. The van der Waals surface area contributed by atoms with Crippen molar-refractivity contribution >= 4 is 11.8 Å². The SMILES string of the molecule is Cc1noc(C)c1COc1cccc(C(=O)N(C)Cc2cccc(C(N)=O)c2)c1. The van der Waals surface area contributed by atoms with E-state index in [-0.39, 0.29) is 5.91 Å². The molecule has 2 amide bonds. The van der Waals surface area contributed by atoms with Gasteiger partial charge in [0.25, 0.3) is 5.91 Å². The van der Waals surface area contributed by atoms with Gasteiger partial charge in [-0.05, 0) is 49.7 Å². The molecule has 3 aromatic rings. The van der Waals surface area contributed by atoms with Crippen LogP contribution in [-0.4, -0.2) is 28.9 Å². The van der Waals surface area contributed by atoms with E-state index in [1.807, 2.05) is 19.9 Å². The van der Waals surface area contributed by atoms with Crippen molar-refractivity contribution in [3.63, 3.8) is 0 Å². The highest BCUT2D eigenvalue weighted by atomic mass is 16.5. The lowest BCUT2D eigenvalue weighted by Gasteiger charge is -2.18. The van der Waals surface area contributed by atoms with E-state index in [1.165, 1.54) is 0 Å². The number of carbonyl (C=O) groups excluding carboxylic acids is 2. The third kappa shape index (κ3) is 4.82. The summed E-state index contributed by atoms with van der Waals surface area (Å²) in [5.41, 5.74) is 8.75. The summed E-state index contributed by atoms with van der Waals surface area (Å²) in [5.74, 6) is 0.647. The number of hydrogen-bond donors (Lipinski definition) is 1. The van der Waals surface area contributed by atoms with E-state index in [4.69, 9.17) is 15.0 Å². The van der Waals surface area contributed by atoms with Gasteiger partial charge in [-0.1, -0.05) is 23.4 Å². The molecule has 0 fully saturated rings. The fraction of sp³-hybridized carbons (Fsp3) is 0.227. The summed E-state index contributed by atoms with van der Waals surface area (Å²) in [7, 11) is 1.71. The lowest BCUT2D eigenvalue weighted by molar-refractivity contribution is 0.0784. The lowest BCUT2D eigenvalue weighted by Crippen LogP contribution is -2.26. The molecule has 7 heteroatoms. The number of rotatable bonds is 7. The summed E-state index contributed by atoms with van der Waals surface area (Å²) in [6, 6.07) is 13.9. The van der Waals surface area contributed by atoms with Gasteiger partial charge in [-0.2, -0.15) is 0 Å². The normalized spacial score (nSPS) is 10.6. The molecule has 0 saturated heterocycles. The zero-order valence-corrected chi connectivity index (χ0v) is 16.6. The first-order valence-corrected chi connectivity index (χ1v) is 9.14. The highest BCUT2D eigenvalue weighted by Gasteiger charge is 2.15. The van der Waals surface area contributed by atoms with Crippen LogP contribution in [0.2, 0.25) is 0 Å². The quantitative estimate of drug-likeness (QED) is 0.664. The molecule has 0 bridgehead atoms. The van der Waals surface area contributed by atoms with Gasteiger partial charge in [-0.25, -0.2) is 0 Å². The Kier molecular flexibility index (Phi) is 5.97. The van der Waals surface area contributed by atoms with Crippen molar-refractivity contribution in [1.29, 1.82) is 0 Å². The Hall–Kier alpha value is -3.61. The van der Waals surface area contributed by atoms with Crippen molar-refractivity contribution in [1.82, 2.24) is 10.1 Å². The summed E-state index contributed by atoms with van der Waals surface area (Å²) in [5, 5.41) is 3.91. The van der Waals surface area contributed by atoms with Crippen molar-refractivity contribution in [3.05, 3.63) is 82.2 Å². The van der Waals surface area contributed by atoms with E-state index in [9.17, 15) is 9.59 Å². The van der Waals surface area contributed by atoms with E-state index >= 15 is 0 Å². The minimum absolute atomic E-state index is 0.155. The molecule has 7 nitrogen and oxygen atoms in total. The maximum Gasteiger partial charge on any atom is 0.254 e. The Morgan fingerprint density at radius 3 is 2.52 bits per heavy atom. The first-order chi connectivity index (χ1) is 13.8. The summed E-state index contributed by atoms with van der Waals surface area (Å²) in [4.78, 5) is 25.7. The molecule has 1 aromatic heterocycles. The standard InChI is InChI=1S/C22H23N3O4/c1-14-20(15(2)29-24-14)13-28-19-9-5-8-18(11-19)22(27)25(3)12-16-6-4-7-17(10-16)21(23)26/h4-11H,12-13H2,1-3H3,(H2,23,26). The van der Waals surface area contributed by atoms with Crippen LogP contribution in [0.3, 0.4) is 0 Å². The maximum absolute atomic E-state index is 12.8. The molecular formula is C22H23N3O4. The molecule has 3 rings (SSSR count). The van der Waals surface area contributed by atoms with Gasteiger partial charge in [0.05, 0.1) is 11.3 Å². The van der Waals surface area contributed by atoms with Gasteiger partial charge in [0, 0.05) is 24.7 Å². The molecule has 0 radical (unpaired) electrons. The molecule has 0 atom stereocenters. The molecule has 0 saturated carbocycles. The zero-order valence-electron chi connectivity index (χ0n) is 16.6. The van der Waals surface area contributed by atoms with Gasteiger partial charge in [0.1, 0.15) is 18.1 Å². The largest absolute Gasteiger partial charge is 0.489 e. The van der Waals surface area contributed by atoms with Gasteiger partial charge < -0.3 is 19.9 Å². The van der Waals surface area contributed by atoms with E-state index in [0.29, 0.717) is 35.8 Å². The van der Waals surface area contributed by atoms with Crippen molar-refractivity contribution in [2.75, 3.05) is 7.05 Å². The predicted octanol–water partition coefficient (Wildman–Crippen LogP) is 3.24. The molecule has 0 unspecified atom stereocenters. The van der Waals surface area contributed by atoms with Crippen LogP contribution in [0.1, 0.15) is 43.3 Å². The molecular weight excluding hydrogens is 370 g/mol. The van der Waals surface area contributed by atoms with Crippen molar-refractivity contribution in [3.8, 4) is 5.75 Å². The maximum atomic E-state index is 12.8. The Bertz CT molecular complexity index is 1020. The number of primary amides is 1. The Morgan fingerprint density at radius 1 is 1.10 bits per heavy atom. The third-order valence-corrected chi connectivity index (χ3v) is 4.62. The fourth-order valence-corrected chi connectivity index (χ4v) is 2.97. The molecule has 150 valence electrons. The zero-order chi connectivity index (χ0) is 21.0. The molecule has 0 aliphatic rings. The average molecular weight is 393 g/mol. The van der Waals surface area contributed by atoms with Crippen LogP contribution in [0.25, 0.3) is 0 Å². The highest BCUT2D eigenvalue weighted by molar-refractivity contribution is 5.94. The molecule has 29 heavy (non-hydrogen) atoms. The van der Waals surface area contributed by atoms with Gasteiger partial charge in [0.2, 0.25) is 5.91 Å². The van der Waals surface area contributed by atoms with Gasteiger partial charge in [0.15, 0.2) is 0 Å². The highest BCUT2D eigenvalue weighted by Crippen LogP contribution is 2.19. The Morgan fingerprint density at radius 2 is 1.83 bits per heavy atom. The van der Waals surface area contributed by atoms with E-state index in [2.05, 4.69) is 5.16 Å². The van der Waals surface area contributed by atoms with Crippen LogP contribution < -0.4 is 10.5 Å². The van der Waals surface area contributed by atoms with E-state index in [1.54, 1.807) is 54.4 Å². The molecule has 2 N–H and O–H groups in total. The monoisotopic (exact) mass is 393 g/mol.